The van der Waals surface area contributed by atoms with Gasteiger partial charge in [-0.15, -0.1) is 0 Å². The number of carbonyl (C=O) groups excluding carboxylic acids is 1. The molecular formula is C33H44N2O10. The van der Waals surface area contributed by atoms with E-state index < -0.39 is 42.1 Å². The summed E-state index contributed by atoms with van der Waals surface area (Å²) >= 11 is 0. The van der Waals surface area contributed by atoms with Gasteiger partial charge < -0.3 is 49.3 Å². The zero-order valence-corrected chi connectivity index (χ0v) is 26.4. The van der Waals surface area contributed by atoms with Crippen LogP contribution in [0.4, 0.5) is 0 Å². The molecule has 0 aliphatic carbocycles. The Hall–Kier alpha value is -3.84. The molecule has 2 aromatic carbocycles. The molecule has 1 unspecified atom stereocenters. The Bertz CT molecular complexity index is 1300. The van der Waals surface area contributed by atoms with Gasteiger partial charge in [0.2, 0.25) is 0 Å². The van der Waals surface area contributed by atoms with E-state index >= 15 is 0 Å². The maximum atomic E-state index is 13.1. The van der Waals surface area contributed by atoms with Gasteiger partial charge in [0.15, 0.2) is 19.1 Å². The van der Waals surface area contributed by atoms with E-state index in [1.807, 2.05) is 18.1 Å². The molecule has 0 radical (unpaired) electrons. The first-order valence-corrected chi connectivity index (χ1v) is 14.9. The summed E-state index contributed by atoms with van der Waals surface area (Å²) in [6, 6.07) is 11.7. The van der Waals surface area contributed by atoms with E-state index in [0.29, 0.717) is 36.1 Å². The van der Waals surface area contributed by atoms with Crippen LogP contribution in [0.5, 0.6) is 11.5 Å². The van der Waals surface area contributed by atoms with E-state index in [2.05, 4.69) is 0 Å². The lowest BCUT2D eigenvalue weighted by molar-refractivity contribution is -0.482. The second-order valence-electron chi connectivity index (χ2n) is 11.4. The molecule has 3 N–H and O–H groups in total. The van der Waals surface area contributed by atoms with Crippen LogP contribution >= 0.6 is 0 Å². The largest absolute Gasteiger partial charge is 0.508 e. The number of ether oxygens (including phenoxy) is 6. The van der Waals surface area contributed by atoms with E-state index in [-0.39, 0.29) is 37.2 Å². The second-order valence-corrected chi connectivity index (χ2v) is 11.4. The van der Waals surface area contributed by atoms with E-state index in [1.54, 1.807) is 63.3 Å². The second kappa shape index (κ2) is 17.0. The number of aliphatic hydroxyl groups is 1. The number of rotatable bonds is 18. The van der Waals surface area contributed by atoms with E-state index in [0.717, 1.165) is 0 Å². The zero-order chi connectivity index (χ0) is 33.0. The normalized spacial score (nSPS) is 19.5. The summed E-state index contributed by atoms with van der Waals surface area (Å²) in [5.74, 6) is -2.32. The van der Waals surface area contributed by atoms with Crippen molar-refractivity contribution in [3.63, 3.8) is 0 Å². The molecule has 0 spiro atoms. The molecule has 1 aliphatic heterocycles. The molecule has 0 amide bonds. The summed E-state index contributed by atoms with van der Waals surface area (Å²) in [5, 5.41) is 22.1. The van der Waals surface area contributed by atoms with Crippen molar-refractivity contribution >= 4 is 18.0 Å². The van der Waals surface area contributed by atoms with Gasteiger partial charge in [-0.1, -0.05) is 37.3 Å². The van der Waals surface area contributed by atoms with Crippen LogP contribution in [0.1, 0.15) is 73.2 Å². The number of hydrogen-bond donors (Lipinski definition) is 3. The maximum absolute atomic E-state index is 13.1. The van der Waals surface area contributed by atoms with Crippen LogP contribution < -0.4 is 14.6 Å². The third-order valence-corrected chi connectivity index (χ3v) is 7.39. The van der Waals surface area contributed by atoms with Gasteiger partial charge in [0.25, 0.3) is 0 Å². The molecule has 2 aromatic rings. The molecule has 1 heterocycles. The van der Waals surface area contributed by atoms with Crippen molar-refractivity contribution in [3.05, 3.63) is 70.8 Å². The first kappa shape index (κ1) is 35.6. The van der Waals surface area contributed by atoms with Gasteiger partial charge in [0, 0.05) is 13.2 Å². The van der Waals surface area contributed by atoms with Crippen molar-refractivity contribution in [3.8, 4) is 11.5 Å². The van der Waals surface area contributed by atoms with Crippen LogP contribution in [0.3, 0.4) is 0 Å². The Kier molecular flexibility index (Phi) is 13.5. The maximum Gasteiger partial charge on any atom is 0.340 e. The van der Waals surface area contributed by atoms with Gasteiger partial charge >= 0.3 is 11.9 Å². The number of aromatic carboxylic acids is 1. The first-order chi connectivity index (χ1) is 21.5. The Morgan fingerprint density at radius 2 is 1.84 bits per heavy atom. The average Bonchev–Trinajstić information content (AvgIpc) is 3.31. The summed E-state index contributed by atoms with van der Waals surface area (Å²) < 4.78 is 34.7. The molecule has 0 bridgehead atoms. The number of carboxylic acids is 1. The summed E-state index contributed by atoms with van der Waals surface area (Å²) in [4.78, 5) is 25.4. The first-order valence-electron chi connectivity index (χ1n) is 14.9. The standard InChI is InChI=1S/C33H44N2O10/c1-21(22(2)36)14-15-26(43-32(39)23-10-7-6-8-11-23)30-27(44-33(3,4)45-30)13-9-12-24-18-25(41-17-16-35-34)19-28(42-20-40-5)29(24)31(37)38/h6-12,18-19,21-22,26-27,30,35-36H,13-17,20H2,1-5H3,(H,37,38)/b12-9+/t21-,22+,26?,27-,30-/m1/s1. The number of carbonyl (C=O) groups is 2. The lowest BCUT2D eigenvalue weighted by Crippen LogP contribution is -2.64. The van der Waals surface area contributed by atoms with Crippen molar-refractivity contribution in [1.29, 1.82) is 0 Å². The highest BCUT2D eigenvalue weighted by Crippen LogP contribution is 2.36. The SMILES string of the molecule is COCOc1cc(OCC[NH+]=[N-])cc(/C=C/C[C@H]2OC(C)(C)O[C@@H]2C(CC[C@@H](C)[C@H](C)O)OC(=O)c2ccccc2)c1C(=O)O. The fourth-order valence-electron chi connectivity index (χ4n) is 4.93. The highest BCUT2D eigenvalue weighted by molar-refractivity contribution is 5.95. The van der Waals surface area contributed by atoms with E-state index in [1.165, 1.54) is 13.2 Å². The highest BCUT2D eigenvalue weighted by Gasteiger charge is 2.46. The van der Waals surface area contributed by atoms with Gasteiger partial charge in [-0.05, 0) is 69.7 Å². The fourth-order valence-corrected chi connectivity index (χ4v) is 4.93. The zero-order valence-electron chi connectivity index (χ0n) is 26.4. The van der Waals surface area contributed by atoms with E-state index in [4.69, 9.17) is 34.0 Å². The van der Waals surface area contributed by atoms with Crippen molar-refractivity contribution < 1.29 is 53.3 Å². The minimum atomic E-state index is -1.20. The summed E-state index contributed by atoms with van der Waals surface area (Å²) in [6.45, 7) is 7.32. The predicted octanol–water partition coefficient (Wildman–Crippen LogP) is 3.79. The van der Waals surface area contributed by atoms with Crippen molar-refractivity contribution in [2.24, 2.45) is 5.92 Å². The highest BCUT2D eigenvalue weighted by atomic mass is 16.8. The molecule has 3 rings (SSSR count). The number of nitrogens with one attached hydrogen (secondary N) is 1. The van der Waals surface area contributed by atoms with Crippen LogP contribution in [0.15, 0.2) is 48.5 Å². The molecule has 1 fully saturated rings. The smallest absolute Gasteiger partial charge is 0.340 e. The molecule has 5 atom stereocenters. The minimum Gasteiger partial charge on any atom is -0.508 e. The summed E-state index contributed by atoms with van der Waals surface area (Å²) in [6.07, 6.45) is 2.31. The van der Waals surface area contributed by atoms with Gasteiger partial charge in [0.05, 0.1) is 17.8 Å². The van der Waals surface area contributed by atoms with Crippen LogP contribution in [-0.4, -0.2) is 79.4 Å². The Morgan fingerprint density at radius 3 is 2.49 bits per heavy atom. The monoisotopic (exact) mass is 628 g/mol. The van der Waals surface area contributed by atoms with Crippen molar-refractivity contribution in [2.45, 2.75) is 77.2 Å². The van der Waals surface area contributed by atoms with Gasteiger partial charge in [-0.2, -0.15) is 0 Å². The quantitative estimate of drug-likeness (QED) is 0.0957. The number of nitrogens with zero attached hydrogens (tertiary/aromatic N) is 1. The number of benzene rings is 2. The summed E-state index contributed by atoms with van der Waals surface area (Å²) in [5.41, 5.74) is 9.51. The lowest BCUT2D eigenvalue weighted by atomic mass is 9.94. The van der Waals surface area contributed by atoms with Gasteiger partial charge in [-0.25, -0.2) is 9.59 Å². The summed E-state index contributed by atoms with van der Waals surface area (Å²) in [7, 11) is 1.42. The van der Waals surface area contributed by atoms with Crippen LogP contribution in [0.2, 0.25) is 0 Å². The Labute approximate surface area is 263 Å². The number of hydrogen-bond acceptors (Lipinski definition) is 9. The molecular weight excluding hydrogens is 584 g/mol. The van der Waals surface area contributed by atoms with Crippen LogP contribution in [0, 0.1) is 5.92 Å². The fraction of sp³-hybridized carbons (Fsp3) is 0.515. The van der Waals surface area contributed by atoms with Gasteiger partial charge in [0.1, 0.15) is 35.9 Å². The molecule has 1 aliphatic rings. The van der Waals surface area contributed by atoms with Crippen molar-refractivity contribution in [1.82, 2.24) is 0 Å². The number of methoxy groups -OCH3 is 1. The van der Waals surface area contributed by atoms with Gasteiger partial charge in [-0.3, -0.25) is 0 Å². The molecule has 12 nitrogen and oxygen atoms in total. The van der Waals surface area contributed by atoms with Crippen LogP contribution in [-0.2, 0) is 18.9 Å². The molecule has 12 heteroatoms. The molecule has 0 saturated carbocycles. The molecule has 0 aromatic heterocycles. The molecule has 45 heavy (non-hydrogen) atoms. The van der Waals surface area contributed by atoms with Crippen LogP contribution in [0.25, 0.3) is 11.6 Å². The number of esters is 1. The lowest BCUT2D eigenvalue weighted by Gasteiger charge is -2.28. The molecule has 246 valence electrons. The van der Waals surface area contributed by atoms with Crippen molar-refractivity contribution in [2.75, 3.05) is 27.1 Å². The Morgan fingerprint density at radius 1 is 1.11 bits per heavy atom. The predicted molar refractivity (Wildman–Crippen MR) is 164 cm³/mol. The topological polar surface area (TPSA) is 166 Å². The number of carboxylic acid groups (broad SMARTS) is 1. The third-order valence-electron chi connectivity index (χ3n) is 7.39. The minimum absolute atomic E-state index is 0.0387. The Balaban J connectivity index is 1.90. The number of aliphatic hydroxyl groups excluding tert-OH is 1. The van der Waals surface area contributed by atoms with E-state index in [9.17, 15) is 19.8 Å². The molecule has 1 saturated heterocycles. The third kappa shape index (κ3) is 10.6. The average molecular weight is 629 g/mol.